The number of hydrogen-bond acceptors (Lipinski definition) is 14. The highest BCUT2D eigenvalue weighted by atomic mass is 16.5. The van der Waals surface area contributed by atoms with Gasteiger partial charge in [-0.25, -0.2) is 39.5 Å². The normalized spacial score (nSPS) is 12.7. The Morgan fingerprint density at radius 2 is 0.556 bits per heavy atom. The third kappa shape index (κ3) is 10.5. The molecule has 0 fully saturated rings. The highest BCUT2D eigenvalue weighted by Crippen LogP contribution is 2.50. The maximum atomic E-state index is 12.1. The van der Waals surface area contributed by atoms with Gasteiger partial charge >= 0.3 is 11.4 Å². The van der Waals surface area contributed by atoms with E-state index in [1.165, 1.54) is 42.4 Å². The van der Waals surface area contributed by atoms with Gasteiger partial charge in [0.1, 0.15) is 66.3 Å². The molecule has 108 heavy (non-hydrogen) atoms. The lowest BCUT2D eigenvalue weighted by Crippen LogP contribution is -2.25. The number of aromatic amines is 2. The van der Waals surface area contributed by atoms with Crippen LogP contribution in [-0.2, 0) is 28.2 Å². The third-order valence-corrected chi connectivity index (χ3v) is 21.3. The quantitative estimate of drug-likeness (QED) is 0.149. The van der Waals surface area contributed by atoms with E-state index >= 15 is 0 Å². The number of benzene rings is 11. The van der Waals surface area contributed by atoms with Crippen LogP contribution in [-0.4, -0.2) is 28.2 Å². The molecule has 0 unspecified atom stereocenters. The van der Waals surface area contributed by atoms with E-state index in [0.29, 0.717) is 56.1 Å². The molecule has 0 aliphatic carbocycles. The number of aryl methyl sites for hydroxylation is 8. The Hall–Kier alpha value is -12.8. The molecule has 0 saturated carbocycles. The van der Waals surface area contributed by atoms with Crippen molar-refractivity contribution in [3.8, 4) is 69.0 Å². The highest BCUT2D eigenvalue weighted by Gasteiger charge is 2.32. The SMILES string of the molecule is CC.CC.CC.Cc1c2c(c(C)c3c1=Nc1cc4[nH]c(=O)n(C)c4cc1O3)=Nc1cc3[nH]c(=O)n(C)c3cc1O2.Cc1c2c(c(C)c3c1=Nc1ccc4c(c1O3)c1ccccc1n4C)=Nc1ccc3c(c1O2)c1ccccc1n3C.Cc1cc2c(cc1C)Oc1c(C)c3c(c(C)c1=N2)Oc1cc(C)c(C)cc1N=3. The number of rotatable bonds is 0. The third-order valence-electron chi connectivity index (χ3n) is 21.3. The van der Waals surface area contributed by atoms with Gasteiger partial charge in [0.25, 0.3) is 0 Å². The Morgan fingerprint density at radius 3 is 0.889 bits per heavy atom. The second-order valence-corrected chi connectivity index (χ2v) is 27.3. The zero-order chi connectivity index (χ0) is 76.1. The maximum absolute atomic E-state index is 12.1. The van der Waals surface area contributed by atoms with Crippen LogP contribution in [0.25, 0.3) is 65.7 Å². The van der Waals surface area contributed by atoms with Crippen molar-refractivity contribution in [1.82, 2.24) is 28.2 Å². The van der Waals surface area contributed by atoms with Gasteiger partial charge in [-0.3, -0.25) is 9.13 Å². The van der Waals surface area contributed by atoms with Crippen LogP contribution in [0.15, 0.2) is 161 Å². The van der Waals surface area contributed by atoms with Gasteiger partial charge in [0, 0.05) is 95.5 Å². The number of ether oxygens (including phenoxy) is 6. The summed E-state index contributed by atoms with van der Waals surface area (Å²) in [6.07, 6.45) is 0. The van der Waals surface area contributed by atoms with E-state index in [9.17, 15) is 9.59 Å². The summed E-state index contributed by atoms with van der Waals surface area (Å²) in [7, 11) is 7.60. The molecule has 0 bridgehead atoms. The predicted octanol–water partition coefficient (Wildman–Crippen LogP) is 19.2. The van der Waals surface area contributed by atoms with Crippen LogP contribution in [0.5, 0.6) is 69.0 Å². The van der Waals surface area contributed by atoms with E-state index in [1.807, 2.05) is 106 Å². The number of para-hydroxylation sites is 2. The number of nitrogens with one attached hydrogen (secondary N) is 2. The van der Waals surface area contributed by atoms with Crippen molar-refractivity contribution in [2.45, 2.75) is 111 Å². The van der Waals surface area contributed by atoms with E-state index in [1.54, 1.807) is 14.1 Å². The molecule has 20 heteroatoms. The zero-order valence-corrected chi connectivity index (χ0v) is 64.3. The standard InChI is InChI=1S/C34H24N4O2.C24H18N6O4.C24H22N2O2.3C2H6/c1-17-29-32(40-34-21(35-29)13-15-26-28(34)20-10-6-8-12-24(20)38(26)4)18(2)30-31(17)39-33-22(36-30)14-16-25-27(33)19-9-5-7-11-23(19)37(25)3;1-9-19-22(34-18-8-16-11(5-13(18)25-19)27-23(31)30(16)4)10(2)20-21(9)33-17-7-15-12(6-14(17)26-20)28-24(32)29(15)3;1-11-7-17-19(9-13(11)3)27-23-16(6)22-24(15(5)21(23)25-17)28-20-10-14(4)12(2)8-18(20)26-22;3*1-2/h5-16H,1-4H3;5-8H,1-4H3,(H,27,31)(H,28,32);7-10H,1-6H3;3*1-2H3. The van der Waals surface area contributed by atoms with Gasteiger partial charge in [0.05, 0.1) is 43.9 Å². The number of hydrogen-bond donors (Lipinski definition) is 2. The van der Waals surface area contributed by atoms with Gasteiger partial charge in [-0.1, -0.05) is 77.9 Å². The fraction of sp³-hybridized carbons (Fsp3) is 0.227. The first-order valence-electron chi connectivity index (χ1n) is 36.7. The Balaban J connectivity index is 0.000000121. The molecule has 15 aromatic rings. The summed E-state index contributed by atoms with van der Waals surface area (Å²) in [6.45, 7) is 32.4. The first-order chi connectivity index (χ1) is 52.1. The molecule has 11 aromatic carbocycles. The Morgan fingerprint density at radius 1 is 0.278 bits per heavy atom. The lowest BCUT2D eigenvalue weighted by atomic mass is 10.0. The van der Waals surface area contributed by atoms with E-state index in [2.05, 4.69) is 160 Å². The maximum Gasteiger partial charge on any atom is 0.326 e. The average Bonchev–Trinajstić information content (AvgIpc) is 1.14. The smallest absolute Gasteiger partial charge is 0.326 e. The summed E-state index contributed by atoms with van der Waals surface area (Å²) in [5, 5.41) is 9.05. The first-order valence-corrected chi connectivity index (χ1v) is 36.7. The summed E-state index contributed by atoms with van der Waals surface area (Å²) >= 11 is 0. The zero-order valence-electron chi connectivity index (χ0n) is 64.3. The summed E-state index contributed by atoms with van der Waals surface area (Å²) < 4.78 is 46.3. The van der Waals surface area contributed by atoms with Gasteiger partial charge < -0.3 is 47.5 Å². The molecule has 21 rings (SSSR count). The van der Waals surface area contributed by atoms with Gasteiger partial charge in [-0.2, -0.15) is 0 Å². The molecule has 10 heterocycles. The average molecular weight is 1440 g/mol. The second kappa shape index (κ2) is 26.0. The van der Waals surface area contributed by atoms with Crippen LogP contribution < -0.4 is 71.9 Å². The summed E-state index contributed by atoms with van der Waals surface area (Å²) in [6, 6.07) is 40.7. The van der Waals surface area contributed by atoms with Crippen LogP contribution in [0.2, 0.25) is 0 Å². The molecule has 6 aliphatic rings. The molecule has 0 radical (unpaired) electrons. The molecule has 542 valence electrons. The van der Waals surface area contributed by atoms with Gasteiger partial charge in [0.15, 0.2) is 69.0 Å². The molecule has 0 amide bonds. The largest absolute Gasteiger partial charge is 0.452 e. The minimum absolute atomic E-state index is 0.198. The van der Waals surface area contributed by atoms with Crippen molar-refractivity contribution in [1.29, 1.82) is 0 Å². The van der Waals surface area contributed by atoms with Gasteiger partial charge in [0.2, 0.25) is 0 Å². The van der Waals surface area contributed by atoms with Crippen LogP contribution in [0.4, 0.5) is 34.1 Å². The van der Waals surface area contributed by atoms with Crippen molar-refractivity contribution in [3.63, 3.8) is 0 Å². The molecular formula is C88H82N12O8. The number of fused-ring (bicyclic) bond motifs is 22. The Labute approximate surface area is 621 Å². The summed E-state index contributed by atoms with van der Waals surface area (Å²) in [5.74, 6) is 8.54. The fourth-order valence-electron chi connectivity index (χ4n) is 15.2. The molecular weight excluding hydrogens is 1350 g/mol. The van der Waals surface area contributed by atoms with Crippen molar-refractivity contribution in [2.24, 2.45) is 58.1 Å². The van der Waals surface area contributed by atoms with Gasteiger partial charge in [-0.05, 0) is 164 Å². The Kier molecular flexibility index (Phi) is 16.8. The van der Waals surface area contributed by atoms with Gasteiger partial charge in [-0.15, -0.1) is 0 Å². The molecule has 4 aromatic heterocycles. The van der Waals surface area contributed by atoms with Crippen molar-refractivity contribution >= 4 is 99.8 Å². The Bertz CT molecular complexity index is 6640. The number of imidazole rings is 2. The summed E-state index contributed by atoms with van der Waals surface area (Å²) in [5.41, 5.74) is 21.8. The van der Waals surface area contributed by atoms with E-state index in [0.717, 1.165) is 167 Å². The first kappa shape index (κ1) is 69.5. The van der Waals surface area contributed by atoms with E-state index in [-0.39, 0.29) is 11.4 Å². The lowest BCUT2D eigenvalue weighted by molar-refractivity contribution is 0.442. The highest BCUT2D eigenvalue weighted by molar-refractivity contribution is 6.14. The second-order valence-electron chi connectivity index (χ2n) is 27.3. The van der Waals surface area contributed by atoms with Crippen molar-refractivity contribution in [2.75, 3.05) is 0 Å². The fourth-order valence-corrected chi connectivity index (χ4v) is 15.2. The molecule has 2 N–H and O–H groups in total. The summed E-state index contributed by atoms with van der Waals surface area (Å²) in [4.78, 5) is 59.7. The number of aromatic nitrogens is 6. The number of nitrogens with zero attached hydrogens (tertiary/aromatic N) is 10. The lowest BCUT2D eigenvalue weighted by Gasteiger charge is -2.23. The molecule has 0 atom stereocenters. The van der Waals surface area contributed by atoms with Crippen LogP contribution in [0.3, 0.4) is 0 Å². The van der Waals surface area contributed by atoms with Crippen molar-refractivity contribution < 1.29 is 28.4 Å². The van der Waals surface area contributed by atoms with Crippen LogP contribution in [0, 0.1) is 69.2 Å². The number of H-pyrrole nitrogens is 2. The minimum Gasteiger partial charge on any atom is -0.452 e. The topological polar surface area (TPSA) is 215 Å². The van der Waals surface area contributed by atoms with Crippen molar-refractivity contribution in [3.05, 3.63) is 230 Å². The minimum atomic E-state index is -0.198. The van der Waals surface area contributed by atoms with E-state index in [4.69, 9.17) is 58.4 Å². The van der Waals surface area contributed by atoms with Crippen LogP contribution >= 0.6 is 0 Å². The molecule has 20 nitrogen and oxygen atoms in total. The molecule has 0 spiro atoms. The molecule has 0 saturated heterocycles. The predicted molar refractivity (Wildman–Crippen MR) is 427 cm³/mol. The van der Waals surface area contributed by atoms with E-state index < -0.39 is 0 Å². The van der Waals surface area contributed by atoms with Crippen LogP contribution in [0.1, 0.15) is 97.2 Å². The molecule has 6 aliphatic heterocycles. The monoisotopic (exact) mass is 1430 g/mol.